The van der Waals surface area contributed by atoms with Crippen molar-refractivity contribution in [1.82, 2.24) is 15.0 Å². The average Bonchev–Trinajstić information content (AvgIpc) is 2.98. The molecule has 0 fully saturated rings. The number of benzene rings is 1. The summed E-state index contributed by atoms with van der Waals surface area (Å²) >= 11 is 0. The van der Waals surface area contributed by atoms with Gasteiger partial charge in [-0.2, -0.15) is 13.2 Å². The molecule has 0 amide bonds. The Morgan fingerprint density at radius 1 is 1.25 bits per heavy atom. The molecule has 0 saturated heterocycles. The predicted molar refractivity (Wildman–Crippen MR) is 104 cm³/mol. The monoisotopic (exact) mass is 411 g/mol. The van der Waals surface area contributed by atoms with E-state index in [0.29, 0.717) is 5.69 Å². The van der Waals surface area contributed by atoms with Crippen molar-refractivity contribution in [3.63, 3.8) is 0 Å². The van der Waals surface area contributed by atoms with Crippen LogP contribution in [0.3, 0.4) is 0 Å². The fraction of sp³-hybridized carbons (Fsp3) is 0.333. The van der Waals surface area contributed by atoms with Crippen molar-refractivity contribution < 1.29 is 17.4 Å². The second-order valence-corrected chi connectivity index (χ2v) is 8.11. The quantitative estimate of drug-likeness (QED) is 0.641. The zero-order valence-electron chi connectivity index (χ0n) is 15.8. The Balaban J connectivity index is 1.96. The summed E-state index contributed by atoms with van der Waals surface area (Å²) in [6.45, 7) is 3.84. The van der Waals surface area contributed by atoms with E-state index < -0.39 is 28.2 Å². The molecule has 1 aromatic carbocycles. The number of aromatic amines is 1. The molecule has 0 aliphatic heterocycles. The molecule has 10 heteroatoms. The number of aryl methyl sites for hydroxylation is 1. The van der Waals surface area contributed by atoms with E-state index in [1.165, 1.54) is 0 Å². The summed E-state index contributed by atoms with van der Waals surface area (Å²) in [6, 6.07) is 2.02. The number of nitrogens with zero attached hydrogens (tertiary/aromatic N) is 3. The SMILES string of the molecule is Cc1cnc(C[S@@](=O)c2nc3cc(N)c(C(F)(F)F)cc3[nH]2)c(C)c1N(C)C. The molecular formula is C18H20F3N5OS. The van der Waals surface area contributed by atoms with Crippen LogP contribution in [0.2, 0.25) is 0 Å². The number of nitrogen functional groups attached to an aromatic ring is 1. The van der Waals surface area contributed by atoms with E-state index in [9.17, 15) is 17.4 Å². The van der Waals surface area contributed by atoms with E-state index in [1.54, 1.807) is 6.20 Å². The lowest BCUT2D eigenvalue weighted by atomic mass is 10.1. The van der Waals surface area contributed by atoms with Gasteiger partial charge in [0.05, 0.1) is 38.8 Å². The summed E-state index contributed by atoms with van der Waals surface area (Å²) in [5, 5.41) is 0.0851. The lowest BCUT2D eigenvalue weighted by Gasteiger charge is -2.20. The van der Waals surface area contributed by atoms with Crippen LogP contribution in [0.15, 0.2) is 23.5 Å². The smallest absolute Gasteiger partial charge is 0.398 e. The number of rotatable bonds is 4. The van der Waals surface area contributed by atoms with Gasteiger partial charge < -0.3 is 15.6 Å². The number of nitrogens with one attached hydrogen (secondary N) is 1. The summed E-state index contributed by atoms with van der Waals surface area (Å²) in [4.78, 5) is 13.2. The first-order chi connectivity index (χ1) is 13.0. The van der Waals surface area contributed by atoms with Gasteiger partial charge in [0.2, 0.25) is 0 Å². The van der Waals surface area contributed by atoms with Crippen molar-refractivity contribution in [3.05, 3.63) is 40.7 Å². The van der Waals surface area contributed by atoms with E-state index in [0.717, 1.165) is 28.9 Å². The van der Waals surface area contributed by atoms with Crippen molar-refractivity contribution >= 4 is 33.2 Å². The van der Waals surface area contributed by atoms with Crippen LogP contribution in [-0.4, -0.2) is 33.3 Å². The Kier molecular flexibility index (Phi) is 5.09. The van der Waals surface area contributed by atoms with Crippen LogP contribution in [0, 0.1) is 13.8 Å². The van der Waals surface area contributed by atoms with Gasteiger partial charge in [-0.25, -0.2) is 4.98 Å². The molecular weight excluding hydrogens is 391 g/mol. The van der Waals surface area contributed by atoms with Crippen LogP contribution in [0.1, 0.15) is 22.4 Å². The number of hydrogen-bond acceptors (Lipinski definition) is 5. The Labute approximate surface area is 162 Å². The van der Waals surface area contributed by atoms with Gasteiger partial charge in [-0.15, -0.1) is 0 Å². The molecule has 0 spiro atoms. The highest BCUT2D eigenvalue weighted by Crippen LogP contribution is 2.35. The van der Waals surface area contributed by atoms with E-state index >= 15 is 0 Å². The maximum absolute atomic E-state index is 13.0. The number of H-pyrrole nitrogens is 1. The zero-order chi connectivity index (χ0) is 20.8. The molecule has 0 bridgehead atoms. The third-order valence-corrected chi connectivity index (χ3v) is 5.60. The predicted octanol–water partition coefficient (Wildman–Crippen LogP) is 3.55. The molecule has 0 unspecified atom stereocenters. The molecule has 28 heavy (non-hydrogen) atoms. The number of imidazole rings is 1. The Morgan fingerprint density at radius 3 is 2.54 bits per heavy atom. The van der Waals surface area contributed by atoms with Crippen molar-refractivity contribution in [2.24, 2.45) is 0 Å². The number of halogens is 3. The van der Waals surface area contributed by atoms with Gasteiger partial charge in [0, 0.05) is 31.7 Å². The van der Waals surface area contributed by atoms with Crippen LogP contribution in [0.25, 0.3) is 11.0 Å². The number of pyridine rings is 1. The highest BCUT2D eigenvalue weighted by Gasteiger charge is 2.33. The first-order valence-corrected chi connectivity index (χ1v) is 9.68. The Morgan fingerprint density at radius 2 is 1.93 bits per heavy atom. The zero-order valence-corrected chi connectivity index (χ0v) is 16.6. The summed E-state index contributed by atoms with van der Waals surface area (Å²) in [5.74, 6) is 0.0917. The standard InChI is InChI=1S/C18H20F3N5OS/c1-9-7-23-15(10(2)16(9)26(3)4)8-28(27)17-24-13-5-11(18(19,20)21)12(22)6-14(13)25-17/h5-7H,8,22H2,1-4H3,(H,24,25)/t28-/m1/s1. The lowest BCUT2D eigenvalue weighted by molar-refractivity contribution is -0.136. The molecule has 150 valence electrons. The van der Waals surface area contributed by atoms with E-state index in [-0.39, 0.29) is 21.9 Å². The largest absolute Gasteiger partial charge is 0.418 e. The third-order valence-electron chi connectivity index (χ3n) is 4.44. The number of anilines is 2. The average molecular weight is 411 g/mol. The van der Waals surface area contributed by atoms with Crippen LogP contribution >= 0.6 is 0 Å². The minimum Gasteiger partial charge on any atom is -0.398 e. The van der Waals surface area contributed by atoms with E-state index in [1.807, 2.05) is 32.8 Å². The fourth-order valence-electron chi connectivity index (χ4n) is 3.19. The summed E-state index contributed by atoms with van der Waals surface area (Å²) < 4.78 is 51.8. The topological polar surface area (TPSA) is 87.9 Å². The van der Waals surface area contributed by atoms with Gasteiger partial charge in [-0.3, -0.25) is 9.19 Å². The molecule has 0 aliphatic carbocycles. The molecule has 3 rings (SSSR count). The highest BCUT2D eigenvalue weighted by molar-refractivity contribution is 7.84. The Hall–Kier alpha value is -2.62. The summed E-state index contributed by atoms with van der Waals surface area (Å²) in [7, 11) is 2.22. The maximum Gasteiger partial charge on any atom is 0.418 e. The molecule has 2 heterocycles. The first kappa shape index (κ1) is 20.1. The molecule has 2 aromatic heterocycles. The van der Waals surface area contributed by atoms with Crippen molar-refractivity contribution in [2.45, 2.75) is 30.9 Å². The number of hydrogen-bond donors (Lipinski definition) is 2. The molecule has 0 saturated carbocycles. The first-order valence-electron chi connectivity index (χ1n) is 8.36. The highest BCUT2D eigenvalue weighted by atomic mass is 32.2. The Bertz CT molecular complexity index is 1080. The number of alkyl halides is 3. The second-order valence-electron chi connectivity index (χ2n) is 6.74. The van der Waals surface area contributed by atoms with E-state index in [2.05, 4.69) is 15.0 Å². The van der Waals surface area contributed by atoms with Gasteiger partial charge in [-0.05, 0) is 37.1 Å². The number of fused-ring (bicyclic) bond motifs is 1. The van der Waals surface area contributed by atoms with Gasteiger partial charge in [0.25, 0.3) is 0 Å². The summed E-state index contributed by atoms with van der Waals surface area (Å²) in [6.07, 6.45) is -2.86. The fourth-order valence-corrected chi connectivity index (χ4v) is 4.29. The van der Waals surface area contributed by atoms with Crippen molar-refractivity contribution in [1.29, 1.82) is 0 Å². The summed E-state index contributed by atoms with van der Waals surface area (Å²) in [5.41, 5.74) is 8.02. The molecule has 3 N–H and O–H groups in total. The molecule has 0 radical (unpaired) electrons. The minimum atomic E-state index is -4.58. The van der Waals surface area contributed by atoms with Crippen molar-refractivity contribution in [2.75, 3.05) is 24.7 Å². The number of aromatic nitrogens is 3. The second kappa shape index (κ2) is 7.08. The molecule has 1 atom stereocenters. The molecule has 3 aromatic rings. The van der Waals surface area contributed by atoms with Gasteiger partial charge in [0.15, 0.2) is 5.16 Å². The third kappa shape index (κ3) is 3.68. The van der Waals surface area contributed by atoms with Crippen molar-refractivity contribution in [3.8, 4) is 0 Å². The normalized spacial score (nSPS) is 13.1. The minimum absolute atomic E-state index is 0.0851. The van der Waals surface area contributed by atoms with Gasteiger partial charge >= 0.3 is 6.18 Å². The van der Waals surface area contributed by atoms with Crippen LogP contribution in [0.5, 0.6) is 0 Å². The lowest BCUT2D eigenvalue weighted by Crippen LogP contribution is -2.14. The van der Waals surface area contributed by atoms with Crippen LogP contribution in [-0.2, 0) is 22.7 Å². The van der Waals surface area contributed by atoms with Crippen LogP contribution in [0.4, 0.5) is 24.5 Å². The van der Waals surface area contributed by atoms with Gasteiger partial charge in [0.1, 0.15) is 0 Å². The van der Waals surface area contributed by atoms with Crippen LogP contribution < -0.4 is 10.6 Å². The van der Waals surface area contributed by atoms with Gasteiger partial charge in [-0.1, -0.05) is 0 Å². The number of nitrogens with two attached hydrogens (primary N) is 1. The molecule has 6 nitrogen and oxygen atoms in total. The maximum atomic E-state index is 13.0. The van der Waals surface area contributed by atoms with E-state index in [4.69, 9.17) is 5.73 Å². The molecule has 0 aliphatic rings.